The van der Waals surface area contributed by atoms with E-state index in [2.05, 4.69) is 10.6 Å². The van der Waals surface area contributed by atoms with Crippen molar-refractivity contribution in [3.05, 3.63) is 0 Å². The molecule has 0 aliphatic rings. The Labute approximate surface area is 155 Å². The molecule has 13 nitrogen and oxygen atoms in total. The van der Waals surface area contributed by atoms with Gasteiger partial charge in [0, 0.05) is 0 Å². The predicted octanol–water partition coefficient (Wildman–Crippen LogP) is -3.50. The largest absolute Gasteiger partial charge is 0.480 e. The second-order valence-corrected chi connectivity index (χ2v) is 5.81. The molecule has 0 bridgehead atoms. The van der Waals surface area contributed by atoms with E-state index in [0.29, 0.717) is 6.42 Å². The number of carboxylic acids is 1. The minimum atomic E-state index is -1.49. The number of nitrogens with two attached hydrogens (primary N) is 2. The molecule has 0 aromatic rings. The van der Waals surface area contributed by atoms with Crippen LogP contribution in [0.25, 0.3) is 0 Å². The van der Waals surface area contributed by atoms with Crippen LogP contribution in [0.5, 0.6) is 0 Å². The van der Waals surface area contributed by atoms with Gasteiger partial charge >= 0.3 is 12.0 Å². The summed E-state index contributed by atoms with van der Waals surface area (Å²) in [5.41, 5.74) is 14.1. The molecule has 13 heteroatoms. The first-order valence-electron chi connectivity index (χ1n) is 8.07. The molecule has 0 spiro atoms. The Hall–Kier alpha value is -2.93. The first-order chi connectivity index (χ1) is 12.5. The standard InChI is InChI=1S/C14H26N6O7/c1-3-6(2)10(13(25)26)18-14(27)17-8(4-9(16)22)12(24)20-19-11(23)7(15)5-21/h6-8,10,21H,3-5,15H2,1-2H3,(H2,16,22)(H,19,23)(H,20,24)(H,25,26)(H2,17,18,27)/t6?,7-,8-,10-/m0/s1. The van der Waals surface area contributed by atoms with E-state index in [-0.39, 0.29) is 0 Å². The Morgan fingerprint density at radius 3 is 2.04 bits per heavy atom. The van der Waals surface area contributed by atoms with Crippen LogP contribution in [0.2, 0.25) is 0 Å². The van der Waals surface area contributed by atoms with Gasteiger partial charge in [-0.3, -0.25) is 25.2 Å². The fourth-order valence-electron chi connectivity index (χ4n) is 1.82. The fraction of sp³-hybridized carbons (Fsp3) is 0.643. The summed E-state index contributed by atoms with van der Waals surface area (Å²) in [5.74, 6) is -4.49. The molecule has 27 heavy (non-hydrogen) atoms. The molecule has 0 aliphatic carbocycles. The van der Waals surface area contributed by atoms with Crippen molar-refractivity contribution in [3.63, 3.8) is 0 Å². The molecular weight excluding hydrogens is 364 g/mol. The summed E-state index contributed by atoms with van der Waals surface area (Å²) in [6, 6.07) is -5.00. The summed E-state index contributed by atoms with van der Waals surface area (Å²) >= 11 is 0. The molecule has 0 aromatic carbocycles. The number of rotatable bonds is 10. The zero-order chi connectivity index (χ0) is 21.1. The molecule has 5 amide bonds. The van der Waals surface area contributed by atoms with Gasteiger partial charge in [-0.2, -0.15) is 0 Å². The molecule has 154 valence electrons. The van der Waals surface area contributed by atoms with Crippen molar-refractivity contribution >= 4 is 29.7 Å². The normalized spacial score (nSPS) is 14.8. The van der Waals surface area contributed by atoms with E-state index in [9.17, 15) is 24.0 Å². The lowest BCUT2D eigenvalue weighted by molar-refractivity contribution is -0.140. The maximum Gasteiger partial charge on any atom is 0.326 e. The number of aliphatic hydroxyl groups excluding tert-OH is 1. The minimum absolute atomic E-state index is 0.393. The summed E-state index contributed by atoms with van der Waals surface area (Å²) in [5, 5.41) is 22.2. The molecule has 0 radical (unpaired) electrons. The van der Waals surface area contributed by atoms with E-state index in [1.807, 2.05) is 10.9 Å². The lowest BCUT2D eigenvalue weighted by Crippen LogP contribution is -2.58. The van der Waals surface area contributed by atoms with Crippen LogP contribution < -0.4 is 33.0 Å². The number of hydrogen-bond donors (Lipinski definition) is 8. The molecule has 0 aliphatic heterocycles. The van der Waals surface area contributed by atoms with E-state index in [0.717, 1.165) is 0 Å². The summed E-state index contributed by atoms with van der Waals surface area (Å²) in [7, 11) is 0. The topological polar surface area (TPSA) is 226 Å². The number of hydrazine groups is 1. The first-order valence-corrected chi connectivity index (χ1v) is 8.07. The minimum Gasteiger partial charge on any atom is -0.480 e. The van der Waals surface area contributed by atoms with Crippen LogP contribution in [0, 0.1) is 5.92 Å². The average Bonchev–Trinajstić information content (AvgIpc) is 2.61. The molecule has 0 saturated heterocycles. The fourth-order valence-corrected chi connectivity index (χ4v) is 1.82. The number of carbonyl (C=O) groups is 5. The van der Waals surface area contributed by atoms with E-state index in [1.54, 1.807) is 13.8 Å². The molecule has 0 saturated carbocycles. The van der Waals surface area contributed by atoms with Gasteiger partial charge in [0.25, 0.3) is 11.8 Å². The van der Waals surface area contributed by atoms with Gasteiger partial charge in [-0.15, -0.1) is 0 Å². The number of carbonyl (C=O) groups excluding carboxylic acids is 4. The second-order valence-electron chi connectivity index (χ2n) is 5.81. The lowest BCUT2D eigenvalue weighted by Gasteiger charge is -2.23. The second kappa shape index (κ2) is 11.6. The first kappa shape index (κ1) is 24.1. The van der Waals surface area contributed by atoms with Crippen LogP contribution in [0.4, 0.5) is 4.79 Å². The lowest BCUT2D eigenvalue weighted by atomic mass is 9.99. The molecule has 0 aromatic heterocycles. The Balaban J connectivity index is 4.96. The van der Waals surface area contributed by atoms with Crippen molar-refractivity contribution in [2.75, 3.05) is 6.61 Å². The Kier molecular flexibility index (Phi) is 10.4. The van der Waals surface area contributed by atoms with Gasteiger partial charge in [-0.25, -0.2) is 9.59 Å². The number of urea groups is 1. The molecule has 10 N–H and O–H groups in total. The van der Waals surface area contributed by atoms with Crippen molar-refractivity contribution in [2.24, 2.45) is 17.4 Å². The van der Waals surface area contributed by atoms with Crippen molar-refractivity contribution in [1.82, 2.24) is 21.5 Å². The number of carboxylic acid groups (broad SMARTS) is 1. The van der Waals surface area contributed by atoms with Crippen molar-refractivity contribution in [3.8, 4) is 0 Å². The molecule has 0 heterocycles. The van der Waals surface area contributed by atoms with Crippen LogP contribution in [-0.4, -0.2) is 64.7 Å². The summed E-state index contributed by atoms with van der Waals surface area (Å²) in [6.45, 7) is 2.69. The maximum atomic E-state index is 12.0. The highest BCUT2D eigenvalue weighted by atomic mass is 16.4. The summed E-state index contributed by atoms with van der Waals surface area (Å²) in [4.78, 5) is 57.8. The van der Waals surface area contributed by atoms with Gasteiger partial charge in [0.2, 0.25) is 5.91 Å². The van der Waals surface area contributed by atoms with Gasteiger partial charge in [0.05, 0.1) is 13.0 Å². The monoisotopic (exact) mass is 390 g/mol. The average molecular weight is 390 g/mol. The van der Waals surface area contributed by atoms with Gasteiger partial charge in [0.1, 0.15) is 18.1 Å². The number of aliphatic hydroxyl groups is 1. The Morgan fingerprint density at radius 2 is 1.59 bits per heavy atom. The Morgan fingerprint density at radius 1 is 1.04 bits per heavy atom. The number of amides is 5. The highest BCUT2D eigenvalue weighted by molar-refractivity contribution is 5.93. The quantitative estimate of drug-likeness (QED) is 0.174. The van der Waals surface area contributed by atoms with Gasteiger partial charge < -0.3 is 32.3 Å². The van der Waals surface area contributed by atoms with Gasteiger partial charge in [-0.1, -0.05) is 20.3 Å². The molecule has 0 rings (SSSR count). The van der Waals surface area contributed by atoms with E-state index >= 15 is 0 Å². The smallest absolute Gasteiger partial charge is 0.326 e. The van der Waals surface area contributed by atoms with Crippen LogP contribution in [0.3, 0.4) is 0 Å². The van der Waals surface area contributed by atoms with Crippen LogP contribution in [-0.2, 0) is 19.2 Å². The maximum absolute atomic E-state index is 12.0. The van der Waals surface area contributed by atoms with Crippen molar-refractivity contribution < 1.29 is 34.2 Å². The molecular formula is C14H26N6O7. The van der Waals surface area contributed by atoms with Crippen LogP contribution >= 0.6 is 0 Å². The van der Waals surface area contributed by atoms with Crippen molar-refractivity contribution in [1.29, 1.82) is 0 Å². The third kappa shape index (κ3) is 8.82. The zero-order valence-electron chi connectivity index (χ0n) is 15.0. The SMILES string of the molecule is CCC(C)[C@H](NC(=O)N[C@@H](CC(N)=O)C(=O)NNC(=O)[C@@H](N)CO)C(=O)O. The highest BCUT2D eigenvalue weighted by Gasteiger charge is 2.28. The van der Waals surface area contributed by atoms with Crippen molar-refractivity contribution in [2.45, 2.75) is 44.8 Å². The van der Waals surface area contributed by atoms with E-state index in [4.69, 9.17) is 21.7 Å². The highest BCUT2D eigenvalue weighted by Crippen LogP contribution is 2.07. The molecule has 0 fully saturated rings. The zero-order valence-corrected chi connectivity index (χ0v) is 15.0. The van der Waals surface area contributed by atoms with E-state index in [1.165, 1.54) is 0 Å². The van der Waals surface area contributed by atoms with Gasteiger partial charge in [0.15, 0.2) is 0 Å². The van der Waals surface area contributed by atoms with Crippen LogP contribution in [0.1, 0.15) is 26.7 Å². The van der Waals surface area contributed by atoms with Gasteiger partial charge in [-0.05, 0) is 5.92 Å². The predicted molar refractivity (Wildman–Crippen MR) is 91.5 cm³/mol. The summed E-state index contributed by atoms with van der Waals surface area (Å²) < 4.78 is 0. The molecule has 4 atom stereocenters. The van der Waals surface area contributed by atoms with E-state index < -0.39 is 66.8 Å². The third-order valence-electron chi connectivity index (χ3n) is 3.64. The van der Waals surface area contributed by atoms with Crippen LogP contribution in [0.15, 0.2) is 0 Å². The number of primary amides is 1. The number of hydrogen-bond acceptors (Lipinski definition) is 7. The Bertz CT molecular complexity index is 570. The number of aliphatic carboxylic acids is 1. The molecule has 1 unspecified atom stereocenters. The third-order valence-corrected chi connectivity index (χ3v) is 3.64. The summed E-state index contributed by atoms with van der Waals surface area (Å²) in [6.07, 6.45) is -0.137. The number of nitrogens with one attached hydrogen (secondary N) is 4.